The summed E-state index contributed by atoms with van der Waals surface area (Å²) in [4.78, 5) is 4.19. The van der Waals surface area contributed by atoms with Crippen molar-refractivity contribution in [3.63, 3.8) is 0 Å². The van der Waals surface area contributed by atoms with Crippen LogP contribution in [-0.2, 0) is 12.7 Å². The van der Waals surface area contributed by atoms with Crippen LogP contribution in [0.25, 0.3) is 0 Å². The Morgan fingerprint density at radius 2 is 2.00 bits per heavy atom. The first-order valence-electron chi connectivity index (χ1n) is 6.68. The highest BCUT2D eigenvalue weighted by molar-refractivity contribution is 5.28. The van der Waals surface area contributed by atoms with Gasteiger partial charge in [-0.2, -0.15) is 13.2 Å². The third-order valence-electron chi connectivity index (χ3n) is 3.51. The van der Waals surface area contributed by atoms with Gasteiger partial charge in [-0.05, 0) is 30.9 Å². The van der Waals surface area contributed by atoms with Crippen molar-refractivity contribution in [3.05, 3.63) is 29.1 Å². The Hall–Kier alpha value is -1.10. The number of alkyl halides is 3. The third-order valence-corrected chi connectivity index (χ3v) is 3.51. The minimum absolute atomic E-state index is 0.139. The Morgan fingerprint density at radius 3 is 2.47 bits per heavy atom. The summed E-state index contributed by atoms with van der Waals surface area (Å²) >= 11 is 0. The normalized spacial score (nSPS) is 16.7. The van der Waals surface area contributed by atoms with Crippen LogP contribution in [0.4, 0.5) is 13.2 Å². The summed E-state index contributed by atoms with van der Waals surface area (Å²) in [5.74, 6) is -0.236. The molecule has 0 saturated heterocycles. The zero-order valence-electron chi connectivity index (χ0n) is 11.2. The molecule has 1 N–H and O–H groups in total. The molecule has 5 heteroatoms. The fourth-order valence-corrected chi connectivity index (χ4v) is 2.16. The van der Waals surface area contributed by atoms with Gasteiger partial charge in [0, 0.05) is 12.6 Å². The molecule has 2 nitrogen and oxygen atoms in total. The maximum Gasteiger partial charge on any atom is 0.418 e. The second kappa shape index (κ2) is 5.49. The molecular formula is C14H19F3N2. The summed E-state index contributed by atoms with van der Waals surface area (Å²) < 4.78 is 38.6. The standard InChI is InChI=1S/C14H19F3N2/c1-9(2)13-12(14(15,16)17)7-6-11(19-13)8-18-10-4-3-5-10/h6-7,9-10,18H,3-5,8H2,1-2H3. The summed E-state index contributed by atoms with van der Waals surface area (Å²) in [6.45, 7) is 4.02. The van der Waals surface area contributed by atoms with Crippen LogP contribution < -0.4 is 5.32 Å². The minimum atomic E-state index is -4.33. The quantitative estimate of drug-likeness (QED) is 0.900. The molecule has 1 aromatic heterocycles. The summed E-state index contributed by atoms with van der Waals surface area (Å²) in [6.07, 6.45) is -0.794. The van der Waals surface area contributed by atoms with Crippen molar-refractivity contribution in [1.29, 1.82) is 0 Å². The van der Waals surface area contributed by atoms with Gasteiger partial charge in [0.05, 0.1) is 17.0 Å². The number of pyridine rings is 1. The van der Waals surface area contributed by atoms with Crippen LogP contribution in [0, 0.1) is 0 Å². The predicted molar refractivity (Wildman–Crippen MR) is 67.8 cm³/mol. The van der Waals surface area contributed by atoms with Gasteiger partial charge in [-0.3, -0.25) is 4.98 Å². The monoisotopic (exact) mass is 272 g/mol. The molecule has 0 radical (unpaired) electrons. The molecule has 0 bridgehead atoms. The molecule has 0 unspecified atom stereocenters. The molecule has 1 aromatic rings. The molecule has 1 saturated carbocycles. The fourth-order valence-electron chi connectivity index (χ4n) is 2.16. The first-order chi connectivity index (χ1) is 8.88. The van der Waals surface area contributed by atoms with Crippen molar-refractivity contribution in [2.45, 2.75) is 57.8 Å². The summed E-state index contributed by atoms with van der Waals surface area (Å²) in [6, 6.07) is 3.13. The zero-order chi connectivity index (χ0) is 14.0. The van der Waals surface area contributed by atoms with Gasteiger partial charge in [0.25, 0.3) is 0 Å². The molecule has 1 fully saturated rings. The predicted octanol–water partition coefficient (Wildman–Crippen LogP) is 3.87. The molecule has 1 aliphatic rings. The Balaban J connectivity index is 2.15. The number of nitrogens with one attached hydrogen (secondary N) is 1. The Labute approximate surface area is 111 Å². The van der Waals surface area contributed by atoms with Crippen molar-refractivity contribution < 1.29 is 13.2 Å². The average Bonchev–Trinajstić information content (AvgIpc) is 2.25. The van der Waals surface area contributed by atoms with Crippen LogP contribution in [0.1, 0.15) is 56.0 Å². The van der Waals surface area contributed by atoms with E-state index in [0.717, 1.165) is 18.9 Å². The molecule has 0 atom stereocenters. The summed E-state index contributed by atoms with van der Waals surface area (Å²) in [5, 5.41) is 3.32. The van der Waals surface area contributed by atoms with Crippen LogP contribution in [-0.4, -0.2) is 11.0 Å². The topological polar surface area (TPSA) is 24.9 Å². The highest BCUT2D eigenvalue weighted by atomic mass is 19.4. The zero-order valence-corrected chi connectivity index (χ0v) is 11.2. The van der Waals surface area contributed by atoms with Crippen LogP contribution in [0.5, 0.6) is 0 Å². The van der Waals surface area contributed by atoms with Crippen LogP contribution in [0.3, 0.4) is 0 Å². The van der Waals surface area contributed by atoms with E-state index >= 15 is 0 Å². The van der Waals surface area contributed by atoms with E-state index in [1.807, 2.05) is 0 Å². The van der Waals surface area contributed by atoms with Gasteiger partial charge in [-0.1, -0.05) is 20.3 Å². The highest BCUT2D eigenvalue weighted by Crippen LogP contribution is 2.34. The smallest absolute Gasteiger partial charge is 0.308 e. The molecule has 1 heterocycles. The van der Waals surface area contributed by atoms with Gasteiger partial charge in [0.15, 0.2) is 0 Å². The van der Waals surface area contributed by atoms with Gasteiger partial charge in [-0.25, -0.2) is 0 Å². The van der Waals surface area contributed by atoms with Crippen LogP contribution in [0.2, 0.25) is 0 Å². The molecule has 1 aliphatic carbocycles. The number of halogens is 3. The summed E-state index contributed by atoms with van der Waals surface area (Å²) in [5.41, 5.74) is 0.207. The lowest BCUT2D eigenvalue weighted by atomic mass is 9.93. The molecular weight excluding hydrogens is 253 g/mol. The van der Waals surface area contributed by atoms with E-state index in [9.17, 15) is 13.2 Å². The van der Waals surface area contributed by atoms with Gasteiger partial charge in [0.1, 0.15) is 0 Å². The van der Waals surface area contributed by atoms with Crippen molar-refractivity contribution >= 4 is 0 Å². The maximum absolute atomic E-state index is 12.9. The number of nitrogens with zero attached hydrogens (tertiary/aromatic N) is 1. The SMILES string of the molecule is CC(C)c1nc(CNC2CCC2)ccc1C(F)(F)F. The molecule has 2 rings (SSSR count). The Bertz CT molecular complexity index is 437. The molecule has 0 aliphatic heterocycles. The van der Waals surface area contributed by atoms with Gasteiger partial charge >= 0.3 is 6.18 Å². The molecule has 106 valence electrons. The molecule has 0 aromatic carbocycles. The Kier molecular flexibility index (Phi) is 4.13. The van der Waals surface area contributed by atoms with Crippen molar-refractivity contribution in [2.75, 3.05) is 0 Å². The van der Waals surface area contributed by atoms with E-state index in [1.165, 1.54) is 12.5 Å². The fraction of sp³-hybridized carbons (Fsp3) is 0.643. The van der Waals surface area contributed by atoms with E-state index in [4.69, 9.17) is 0 Å². The molecule has 0 amide bonds. The second-order valence-electron chi connectivity index (χ2n) is 5.40. The van der Waals surface area contributed by atoms with E-state index < -0.39 is 11.7 Å². The lowest BCUT2D eigenvalue weighted by Gasteiger charge is -2.26. The van der Waals surface area contributed by atoms with E-state index in [2.05, 4.69) is 10.3 Å². The second-order valence-corrected chi connectivity index (χ2v) is 5.40. The first kappa shape index (κ1) is 14.3. The van der Waals surface area contributed by atoms with E-state index in [-0.39, 0.29) is 11.6 Å². The van der Waals surface area contributed by atoms with E-state index in [0.29, 0.717) is 18.3 Å². The van der Waals surface area contributed by atoms with Crippen molar-refractivity contribution in [2.24, 2.45) is 0 Å². The number of hydrogen-bond donors (Lipinski definition) is 1. The minimum Gasteiger partial charge on any atom is -0.308 e. The molecule has 0 spiro atoms. The summed E-state index contributed by atoms with van der Waals surface area (Å²) in [7, 11) is 0. The maximum atomic E-state index is 12.9. The van der Waals surface area contributed by atoms with Crippen LogP contribution in [0.15, 0.2) is 12.1 Å². The van der Waals surface area contributed by atoms with Crippen LogP contribution >= 0.6 is 0 Å². The first-order valence-corrected chi connectivity index (χ1v) is 6.68. The Morgan fingerprint density at radius 1 is 1.32 bits per heavy atom. The lowest BCUT2D eigenvalue weighted by molar-refractivity contribution is -0.138. The third kappa shape index (κ3) is 3.47. The number of rotatable bonds is 4. The number of aromatic nitrogens is 1. The largest absolute Gasteiger partial charge is 0.418 e. The van der Waals surface area contributed by atoms with Gasteiger partial charge in [-0.15, -0.1) is 0 Å². The van der Waals surface area contributed by atoms with Gasteiger partial charge < -0.3 is 5.32 Å². The van der Waals surface area contributed by atoms with Gasteiger partial charge in [0.2, 0.25) is 0 Å². The highest BCUT2D eigenvalue weighted by Gasteiger charge is 2.34. The number of hydrogen-bond acceptors (Lipinski definition) is 2. The van der Waals surface area contributed by atoms with E-state index in [1.54, 1.807) is 13.8 Å². The lowest BCUT2D eigenvalue weighted by Crippen LogP contribution is -2.34. The van der Waals surface area contributed by atoms with Crippen molar-refractivity contribution in [1.82, 2.24) is 10.3 Å². The average molecular weight is 272 g/mol. The van der Waals surface area contributed by atoms with Crippen molar-refractivity contribution in [3.8, 4) is 0 Å². The molecule has 19 heavy (non-hydrogen) atoms.